The van der Waals surface area contributed by atoms with Gasteiger partial charge in [-0.25, -0.2) is 4.79 Å². The fourth-order valence-electron chi connectivity index (χ4n) is 2.15. The number of hydrogen-bond acceptors (Lipinski definition) is 1. The SMILES string of the molecule is C1CCCCC1.O=C(O)/C=C/CCc1ccc(Cl)cc1. The van der Waals surface area contributed by atoms with Gasteiger partial charge in [0.15, 0.2) is 0 Å². The van der Waals surface area contributed by atoms with Crippen LogP contribution in [0.4, 0.5) is 0 Å². The van der Waals surface area contributed by atoms with Crippen molar-refractivity contribution in [2.75, 3.05) is 0 Å². The Morgan fingerprint density at radius 1 is 1.05 bits per heavy atom. The molecule has 1 aromatic carbocycles. The predicted molar refractivity (Wildman–Crippen MR) is 84.3 cm³/mol. The Morgan fingerprint density at radius 3 is 2.00 bits per heavy atom. The summed E-state index contributed by atoms with van der Waals surface area (Å²) >= 11 is 5.72. The van der Waals surface area contributed by atoms with Gasteiger partial charge in [0.1, 0.15) is 0 Å². The topological polar surface area (TPSA) is 37.3 Å². The van der Waals surface area contributed by atoms with E-state index in [1.807, 2.05) is 24.3 Å². The van der Waals surface area contributed by atoms with Crippen LogP contribution in [0.1, 0.15) is 50.5 Å². The largest absolute Gasteiger partial charge is 0.478 e. The molecule has 1 saturated carbocycles. The van der Waals surface area contributed by atoms with Crippen molar-refractivity contribution in [3.05, 3.63) is 47.0 Å². The quantitative estimate of drug-likeness (QED) is 0.770. The molecule has 20 heavy (non-hydrogen) atoms. The first-order chi connectivity index (χ1) is 9.68. The van der Waals surface area contributed by atoms with Crippen LogP contribution in [0.2, 0.25) is 5.02 Å². The lowest BCUT2D eigenvalue weighted by Crippen LogP contribution is -1.87. The number of benzene rings is 1. The maximum atomic E-state index is 10.2. The summed E-state index contributed by atoms with van der Waals surface area (Å²) in [5, 5.41) is 9.06. The Balaban J connectivity index is 0.000000276. The van der Waals surface area contributed by atoms with Crippen molar-refractivity contribution in [2.24, 2.45) is 0 Å². The number of carbonyl (C=O) groups is 1. The van der Waals surface area contributed by atoms with Crippen LogP contribution >= 0.6 is 11.6 Å². The predicted octanol–water partition coefficient (Wildman–Crippen LogP) is 5.25. The van der Waals surface area contributed by atoms with Gasteiger partial charge in [-0.3, -0.25) is 0 Å². The van der Waals surface area contributed by atoms with Crippen molar-refractivity contribution in [3.63, 3.8) is 0 Å². The molecule has 0 amide bonds. The normalized spacial score (nSPS) is 14.7. The Kier molecular flexibility index (Phi) is 8.81. The Labute approximate surface area is 126 Å². The van der Waals surface area contributed by atoms with Gasteiger partial charge in [0.05, 0.1) is 0 Å². The second kappa shape index (κ2) is 10.5. The summed E-state index contributed by atoms with van der Waals surface area (Å²) in [5.41, 5.74) is 1.16. The second-order valence-corrected chi connectivity index (χ2v) is 5.46. The number of rotatable bonds is 4. The first kappa shape index (κ1) is 16.8. The van der Waals surface area contributed by atoms with Crippen molar-refractivity contribution >= 4 is 17.6 Å². The van der Waals surface area contributed by atoms with Crippen molar-refractivity contribution in [1.82, 2.24) is 0 Å². The lowest BCUT2D eigenvalue weighted by Gasteiger charge is -2.05. The molecular formula is C17H23ClO2. The zero-order chi connectivity index (χ0) is 14.6. The van der Waals surface area contributed by atoms with Crippen LogP contribution in [0.5, 0.6) is 0 Å². The number of halogens is 1. The highest BCUT2D eigenvalue weighted by atomic mass is 35.5. The molecule has 110 valence electrons. The highest BCUT2D eigenvalue weighted by Gasteiger charge is 1.95. The third-order valence-corrected chi connectivity index (χ3v) is 3.53. The van der Waals surface area contributed by atoms with Crippen LogP contribution in [-0.2, 0) is 11.2 Å². The van der Waals surface area contributed by atoms with Crippen molar-refractivity contribution in [1.29, 1.82) is 0 Å². The number of carboxylic acid groups (broad SMARTS) is 1. The molecule has 1 aliphatic carbocycles. The summed E-state index contributed by atoms with van der Waals surface area (Å²) in [6.07, 6.45) is 13.4. The van der Waals surface area contributed by atoms with E-state index >= 15 is 0 Å². The molecule has 1 fully saturated rings. The van der Waals surface area contributed by atoms with Crippen LogP contribution in [0.25, 0.3) is 0 Å². The number of aliphatic carboxylic acids is 1. The minimum atomic E-state index is -0.902. The first-order valence-corrected chi connectivity index (χ1v) is 7.70. The molecule has 0 unspecified atom stereocenters. The van der Waals surface area contributed by atoms with Crippen LogP contribution in [-0.4, -0.2) is 11.1 Å². The van der Waals surface area contributed by atoms with Crippen molar-refractivity contribution in [2.45, 2.75) is 51.4 Å². The summed E-state index contributed by atoms with van der Waals surface area (Å²) < 4.78 is 0. The zero-order valence-electron chi connectivity index (χ0n) is 11.9. The molecule has 0 aromatic heterocycles. The second-order valence-electron chi connectivity index (χ2n) is 5.03. The fourth-order valence-corrected chi connectivity index (χ4v) is 2.27. The van der Waals surface area contributed by atoms with E-state index in [2.05, 4.69) is 0 Å². The highest BCUT2D eigenvalue weighted by molar-refractivity contribution is 6.30. The van der Waals surface area contributed by atoms with Gasteiger partial charge in [0.25, 0.3) is 0 Å². The summed E-state index contributed by atoms with van der Waals surface area (Å²) in [7, 11) is 0. The summed E-state index contributed by atoms with van der Waals surface area (Å²) in [6, 6.07) is 7.55. The van der Waals surface area contributed by atoms with E-state index in [0.717, 1.165) is 29.5 Å². The van der Waals surface area contributed by atoms with E-state index in [1.165, 1.54) is 38.5 Å². The summed E-state index contributed by atoms with van der Waals surface area (Å²) in [6.45, 7) is 0. The molecule has 1 aliphatic rings. The fraction of sp³-hybridized carbons (Fsp3) is 0.471. The Bertz CT molecular complexity index is 394. The van der Waals surface area contributed by atoms with Gasteiger partial charge in [-0.2, -0.15) is 0 Å². The average Bonchev–Trinajstić information content (AvgIpc) is 2.48. The highest BCUT2D eigenvalue weighted by Crippen LogP contribution is 2.15. The Morgan fingerprint density at radius 2 is 1.55 bits per heavy atom. The van der Waals surface area contributed by atoms with Gasteiger partial charge in [-0.1, -0.05) is 68.3 Å². The first-order valence-electron chi connectivity index (χ1n) is 7.32. The van der Waals surface area contributed by atoms with Crippen molar-refractivity contribution in [3.8, 4) is 0 Å². The molecule has 0 spiro atoms. The van der Waals surface area contributed by atoms with E-state index < -0.39 is 5.97 Å². The van der Waals surface area contributed by atoms with Crippen LogP contribution in [0.15, 0.2) is 36.4 Å². The molecule has 0 bridgehead atoms. The average molecular weight is 295 g/mol. The van der Waals surface area contributed by atoms with Gasteiger partial charge < -0.3 is 5.11 Å². The molecule has 1 N–H and O–H groups in total. The monoisotopic (exact) mass is 294 g/mol. The van der Waals surface area contributed by atoms with Crippen LogP contribution in [0.3, 0.4) is 0 Å². The molecule has 0 radical (unpaired) electrons. The molecule has 3 heteroatoms. The molecular weight excluding hydrogens is 272 g/mol. The smallest absolute Gasteiger partial charge is 0.327 e. The lowest BCUT2D eigenvalue weighted by molar-refractivity contribution is -0.131. The molecule has 1 aromatic rings. The lowest BCUT2D eigenvalue weighted by atomic mass is 10.0. The maximum Gasteiger partial charge on any atom is 0.327 e. The van der Waals surface area contributed by atoms with Gasteiger partial charge in [-0.15, -0.1) is 0 Å². The number of hydrogen-bond donors (Lipinski definition) is 1. The number of allylic oxidation sites excluding steroid dienone is 1. The molecule has 0 atom stereocenters. The third-order valence-electron chi connectivity index (χ3n) is 3.27. The van der Waals surface area contributed by atoms with Gasteiger partial charge in [-0.05, 0) is 30.5 Å². The standard InChI is InChI=1S/C11H11ClO2.C6H12/c12-10-7-5-9(6-8-10)3-1-2-4-11(13)14;1-2-4-6-5-3-1/h2,4-8H,1,3H2,(H,13,14);1-6H2/b4-2+;. The van der Waals surface area contributed by atoms with Crippen LogP contribution < -0.4 is 0 Å². The molecule has 0 aliphatic heterocycles. The number of carboxylic acids is 1. The van der Waals surface area contributed by atoms with E-state index in [1.54, 1.807) is 6.08 Å². The summed E-state index contributed by atoms with van der Waals surface area (Å²) in [5.74, 6) is -0.902. The maximum absolute atomic E-state index is 10.2. The molecule has 2 nitrogen and oxygen atoms in total. The molecule has 2 rings (SSSR count). The number of aryl methyl sites for hydroxylation is 1. The Hall–Kier alpha value is -1.28. The van der Waals surface area contributed by atoms with E-state index in [9.17, 15) is 4.79 Å². The zero-order valence-corrected chi connectivity index (χ0v) is 12.6. The van der Waals surface area contributed by atoms with Gasteiger partial charge in [0, 0.05) is 11.1 Å². The van der Waals surface area contributed by atoms with Crippen molar-refractivity contribution < 1.29 is 9.90 Å². The minimum absolute atomic E-state index is 0.717. The summed E-state index contributed by atoms with van der Waals surface area (Å²) in [4.78, 5) is 10.2. The van der Waals surface area contributed by atoms with E-state index in [0.29, 0.717) is 0 Å². The third kappa shape index (κ3) is 8.76. The molecule has 0 saturated heterocycles. The minimum Gasteiger partial charge on any atom is -0.478 e. The van der Waals surface area contributed by atoms with Gasteiger partial charge >= 0.3 is 5.97 Å². The van der Waals surface area contributed by atoms with Crippen LogP contribution in [0, 0.1) is 0 Å². The van der Waals surface area contributed by atoms with E-state index in [4.69, 9.17) is 16.7 Å². The molecule has 0 heterocycles. The van der Waals surface area contributed by atoms with Gasteiger partial charge in [0.2, 0.25) is 0 Å². The van der Waals surface area contributed by atoms with E-state index in [-0.39, 0.29) is 0 Å².